The van der Waals surface area contributed by atoms with Gasteiger partial charge in [-0.3, -0.25) is 4.90 Å². The van der Waals surface area contributed by atoms with Gasteiger partial charge in [-0.15, -0.1) is 0 Å². The number of ether oxygens (including phenoxy) is 1. The molecule has 9 heteroatoms. The van der Waals surface area contributed by atoms with Gasteiger partial charge in [-0.2, -0.15) is 0 Å². The van der Waals surface area contributed by atoms with Gasteiger partial charge in [0, 0.05) is 45.1 Å². The fraction of sp³-hybridized carbons (Fsp3) is 1.00. The third-order valence-corrected chi connectivity index (χ3v) is 18.9. The van der Waals surface area contributed by atoms with E-state index < -0.39 is 25.4 Å². The molecule has 0 spiro atoms. The molecule has 1 rings (SSSR count). The quantitative estimate of drug-likeness (QED) is 0.116. The minimum Gasteiger partial charge on any atom is -0.455 e. The van der Waals surface area contributed by atoms with Crippen LogP contribution in [0.4, 0.5) is 0 Å². The zero-order chi connectivity index (χ0) is 28.4. The van der Waals surface area contributed by atoms with E-state index in [1.54, 1.807) is 21.3 Å². The first-order valence-electron chi connectivity index (χ1n) is 14.7. The highest BCUT2D eigenvalue weighted by atomic mass is 28.4. The average molecular weight is 578 g/mol. The maximum Gasteiger partial charge on any atom is 0.500 e. The van der Waals surface area contributed by atoms with Gasteiger partial charge in [0.05, 0.1) is 6.10 Å². The number of piperidine rings is 1. The predicted octanol–water partition coefficient (Wildman–Crippen LogP) is 7.69. The van der Waals surface area contributed by atoms with Crippen LogP contribution in [0.15, 0.2) is 0 Å². The number of nitrogens with zero attached hydrogens (tertiary/aromatic N) is 1. The lowest BCUT2D eigenvalue weighted by Gasteiger charge is -2.53. The lowest BCUT2D eigenvalue weighted by molar-refractivity contribution is -0.0912. The molecule has 222 valence electrons. The molecule has 0 unspecified atom stereocenters. The Labute approximate surface area is 234 Å². The lowest BCUT2D eigenvalue weighted by Crippen LogP contribution is -2.60. The van der Waals surface area contributed by atoms with Crippen molar-refractivity contribution in [2.45, 2.75) is 147 Å². The van der Waals surface area contributed by atoms with E-state index in [2.05, 4.69) is 65.8 Å². The van der Waals surface area contributed by atoms with Crippen LogP contribution in [0.25, 0.3) is 0 Å². The van der Waals surface area contributed by atoms with Crippen LogP contribution in [0.2, 0.25) is 44.3 Å². The Morgan fingerprint density at radius 2 is 1.05 bits per heavy atom. The largest absolute Gasteiger partial charge is 0.500 e. The molecule has 0 aromatic heterocycles. The summed E-state index contributed by atoms with van der Waals surface area (Å²) in [5.74, 6) is 0. The van der Waals surface area contributed by atoms with Crippen molar-refractivity contribution < 1.29 is 22.1 Å². The van der Waals surface area contributed by atoms with Gasteiger partial charge < -0.3 is 22.1 Å². The molecule has 37 heavy (non-hydrogen) atoms. The van der Waals surface area contributed by atoms with Crippen molar-refractivity contribution in [1.82, 2.24) is 4.90 Å². The fourth-order valence-corrected chi connectivity index (χ4v) is 16.8. The highest BCUT2D eigenvalue weighted by Crippen LogP contribution is 2.38. The van der Waals surface area contributed by atoms with Crippen LogP contribution in [-0.2, 0) is 22.1 Å². The normalized spacial score (nSPS) is 19.5. The summed E-state index contributed by atoms with van der Waals surface area (Å²) in [4.78, 5) is 2.52. The van der Waals surface area contributed by atoms with Crippen molar-refractivity contribution >= 4 is 25.4 Å². The highest BCUT2D eigenvalue weighted by molar-refractivity contribution is 6.84. The molecule has 1 saturated heterocycles. The molecule has 0 bridgehead atoms. The molecule has 0 aliphatic carbocycles. The summed E-state index contributed by atoms with van der Waals surface area (Å²) in [5, 5.41) is 0. The summed E-state index contributed by atoms with van der Waals surface area (Å²) in [7, 11) is 1.67. The number of rotatable bonds is 19. The molecule has 1 heterocycles. The predicted molar refractivity (Wildman–Crippen MR) is 164 cm³/mol. The van der Waals surface area contributed by atoms with Crippen molar-refractivity contribution in [2.24, 2.45) is 0 Å². The number of hydrogen-bond donors (Lipinski definition) is 0. The SMILES string of the molecule is CO[Si](CCCCCCCC[Si](C)(C)O[Si](C)(C)CCCOC1CC(C)(C)N(C)C(C)(C)C1)(OC)OC. The van der Waals surface area contributed by atoms with Crippen molar-refractivity contribution in [2.75, 3.05) is 35.0 Å². The molecule has 1 aliphatic rings. The molecule has 0 atom stereocenters. The van der Waals surface area contributed by atoms with Crippen LogP contribution in [0.5, 0.6) is 0 Å². The van der Waals surface area contributed by atoms with Crippen LogP contribution in [0, 0.1) is 0 Å². The van der Waals surface area contributed by atoms with Gasteiger partial charge >= 0.3 is 8.80 Å². The van der Waals surface area contributed by atoms with Crippen molar-refractivity contribution in [3.05, 3.63) is 0 Å². The summed E-state index contributed by atoms with van der Waals surface area (Å²) < 4.78 is 29.9. The Morgan fingerprint density at radius 3 is 1.51 bits per heavy atom. The molecule has 0 N–H and O–H groups in total. The first-order chi connectivity index (χ1) is 17.0. The highest BCUT2D eigenvalue weighted by Gasteiger charge is 2.43. The van der Waals surface area contributed by atoms with Crippen molar-refractivity contribution in [1.29, 1.82) is 0 Å². The average Bonchev–Trinajstić information content (AvgIpc) is 2.79. The lowest BCUT2D eigenvalue weighted by atomic mass is 9.79. The summed E-state index contributed by atoms with van der Waals surface area (Å²) in [5.41, 5.74) is 0.370. The Bertz CT molecular complexity index is 615. The Hall–Kier alpha value is 0.411. The smallest absolute Gasteiger partial charge is 0.455 e. The molecule has 6 nitrogen and oxygen atoms in total. The van der Waals surface area contributed by atoms with Gasteiger partial charge in [-0.25, -0.2) is 0 Å². The van der Waals surface area contributed by atoms with Gasteiger partial charge in [0.25, 0.3) is 0 Å². The molecular weight excluding hydrogens is 515 g/mol. The fourth-order valence-electron chi connectivity index (χ4n) is 6.15. The van der Waals surface area contributed by atoms with E-state index in [9.17, 15) is 0 Å². The molecule has 0 saturated carbocycles. The zero-order valence-corrected chi connectivity index (χ0v) is 29.8. The van der Waals surface area contributed by atoms with E-state index in [1.807, 2.05) is 0 Å². The monoisotopic (exact) mass is 577 g/mol. The second kappa shape index (κ2) is 15.4. The van der Waals surface area contributed by atoms with Crippen LogP contribution < -0.4 is 0 Å². The summed E-state index contributed by atoms with van der Waals surface area (Å²) in [6, 6.07) is 3.37. The molecule has 1 aliphatic heterocycles. The first-order valence-corrected chi connectivity index (χ1v) is 22.9. The summed E-state index contributed by atoms with van der Waals surface area (Å²) in [6.45, 7) is 19.9. The van der Waals surface area contributed by atoms with Crippen LogP contribution in [0.3, 0.4) is 0 Å². The third kappa shape index (κ3) is 12.6. The molecule has 0 amide bonds. The maximum absolute atomic E-state index is 6.90. The Balaban J connectivity index is 2.24. The van der Waals surface area contributed by atoms with Crippen molar-refractivity contribution in [3.63, 3.8) is 0 Å². The third-order valence-electron chi connectivity index (χ3n) is 8.54. The van der Waals surface area contributed by atoms with Gasteiger partial charge in [0.1, 0.15) is 0 Å². The first kappa shape index (κ1) is 35.4. The van der Waals surface area contributed by atoms with E-state index >= 15 is 0 Å². The number of hydrogen-bond acceptors (Lipinski definition) is 6. The van der Waals surface area contributed by atoms with Gasteiger partial charge in [-0.1, -0.05) is 32.1 Å². The standard InChI is InChI=1S/C28H63NO5Si3/c1-27(2)24-26(25-28(3,4)29(27)5)33-20-19-22-36(11,12)34-35(9,10)21-17-15-13-14-16-18-23-37(30-6,31-7)32-8/h26H,13-25H2,1-12H3. The zero-order valence-electron chi connectivity index (χ0n) is 26.8. The molecular formula is C28H63NO5Si3. The maximum atomic E-state index is 6.90. The van der Waals surface area contributed by atoms with Crippen molar-refractivity contribution in [3.8, 4) is 0 Å². The van der Waals surface area contributed by atoms with Crippen LogP contribution in [-0.4, -0.2) is 82.5 Å². The van der Waals surface area contributed by atoms with Gasteiger partial charge in [0.2, 0.25) is 0 Å². The Morgan fingerprint density at radius 1 is 0.649 bits per heavy atom. The number of likely N-dealkylation sites (tertiary alicyclic amines) is 1. The van der Waals surface area contributed by atoms with Crippen LogP contribution >= 0.6 is 0 Å². The van der Waals surface area contributed by atoms with Gasteiger partial charge in [-0.05, 0) is 98.7 Å². The van der Waals surface area contributed by atoms with Gasteiger partial charge in [0.15, 0.2) is 16.6 Å². The van der Waals surface area contributed by atoms with E-state index in [4.69, 9.17) is 22.1 Å². The van der Waals surface area contributed by atoms with E-state index in [0.29, 0.717) is 6.10 Å². The second-order valence-corrected chi connectivity index (χ2v) is 25.7. The number of unbranched alkanes of at least 4 members (excludes halogenated alkanes) is 5. The molecule has 0 radical (unpaired) electrons. The summed E-state index contributed by atoms with van der Waals surface area (Å²) in [6.07, 6.45) is 11.2. The van der Waals surface area contributed by atoms with E-state index in [0.717, 1.165) is 38.3 Å². The minimum absolute atomic E-state index is 0.185. The molecule has 0 aromatic rings. The minimum atomic E-state index is -2.39. The van der Waals surface area contributed by atoms with E-state index in [1.165, 1.54) is 44.2 Å². The summed E-state index contributed by atoms with van der Waals surface area (Å²) >= 11 is 0. The second-order valence-electron chi connectivity index (χ2n) is 13.7. The molecule has 1 fully saturated rings. The van der Waals surface area contributed by atoms with Crippen LogP contribution in [0.1, 0.15) is 85.5 Å². The van der Waals surface area contributed by atoms with E-state index in [-0.39, 0.29) is 11.1 Å². The Kier molecular flexibility index (Phi) is 14.8. The topological polar surface area (TPSA) is 49.4 Å². The molecule has 0 aromatic carbocycles.